The highest BCUT2D eigenvalue weighted by molar-refractivity contribution is 6.99. The van der Waals surface area contributed by atoms with Gasteiger partial charge in [0.1, 0.15) is 54.4 Å². The third kappa shape index (κ3) is 14.6. The fourth-order valence-electron chi connectivity index (χ4n) is 6.66. The zero-order valence-electron chi connectivity index (χ0n) is 39.2. The number of hydrogen-bond donors (Lipinski definition) is 0. The van der Waals surface area contributed by atoms with Crippen molar-refractivity contribution in [3.05, 3.63) is 0 Å². The maximum Gasteiger partial charge on any atom is 0.332 e. The molecular weight excluding hydrogens is 813 g/mol. The third-order valence-electron chi connectivity index (χ3n) is 11.6. The van der Waals surface area contributed by atoms with E-state index in [1.54, 1.807) is 69.2 Å². The topological polar surface area (TPSA) is 199 Å². The van der Waals surface area contributed by atoms with Gasteiger partial charge in [-0.1, -0.05) is 27.7 Å². The molecule has 0 saturated carbocycles. The average Bonchev–Trinajstić information content (AvgIpc) is 3.69. The Morgan fingerprint density at radius 3 is 1.84 bits per heavy atom. The molecule has 5 atom stereocenters. The van der Waals surface area contributed by atoms with Crippen molar-refractivity contribution in [2.24, 2.45) is 0 Å². The van der Waals surface area contributed by atoms with Crippen molar-refractivity contribution in [1.82, 2.24) is 13.6 Å². The Balaban J connectivity index is 2.38. The van der Waals surface area contributed by atoms with Crippen LogP contribution in [0, 0.1) is 0 Å². The van der Waals surface area contributed by atoms with E-state index in [2.05, 4.69) is 8.75 Å². The number of carbonyl (C=O) groups is 6. The predicted molar refractivity (Wildman–Crippen MR) is 229 cm³/mol. The molecule has 0 aromatic carbocycles. The molecule has 0 bridgehead atoms. The predicted octanol–water partition coefficient (Wildman–Crippen LogP) is 5.13. The fourth-order valence-corrected chi connectivity index (χ4v) is 7.18. The minimum Gasteiger partial charge on any atom is -0.470 e. The molecule has 1 fully saturated rings. The Bertz CT molecular complexity index is 1650. The number of amides is 1. The van der Waals surface area contributed by atoms with Crippen LogP contribution >= 0.6 is 11.7 Å². The summed E-state index contributed by atoms with van der Waals surface area (Å²) in [5.74, 6) is -1.89. The van der Waals surface area contributed by atoms with Crippen LogP contribution in [0.25, 0.3) is 0 Å². The monoisotopic (exact) mass is 884 g/mol. The Kier molecular flexibility index (Phi) is 20.1. The molecule has 348 valence electrons. The minimum absolute atomic E-state index is 0.164. The van der Waals surface area contributed by atoms with Gasteiger partial charge in [-0.05, 0) is 102 Å². The van der Waals surface area contributed by atoms with E-state index in [9.17, 15) is 28.8 Å². The van der Waals surface area contributed by atoms with Crippen LogP contribution in [0.15, 0.2) is 0 Å². The van der Waals surface area contributed by atoms with Crippen LogP contribution < -0.4 is 9.64 Å². The van der Waals surface area contributed by atoms with Gasteiger partial charge in [-0.3, -0.25) is 24.0 Å². The summed E-state index contributed by atoms with van der Waals surface area (Å²) in [6.45, 7) is 25.4. The second-order valence-electron chi connectivity index (χ2n) is 17.4. The molecule has 2 heterocycles. The number of Topliss-reactive ketones (excluding diaryl/α,β-unsaturated/α-hetero) is 4. The summed E-state index contributed by atoms with van der Waals surface area (Å²) in [4.78, 5) is 83.3. The lowest BCUT2D eigenvalue weighted by Gasteiger charge is -2.39. The first-order valence-electron chi connectivity index (χ1n) is 21.3. The summed E-state index contributed by atoms with van der Waals surface area (Å²) in [6.07, 6.45) is -2.09. The molecule has 17 nitrogen and oxygen atoms in total. The first kappa shape index (κ1) is 53.7. The number of aromatic nitrogens is 2. The summed E-state index contributed by atoms with van der Waals surface area (Å²) in [6, 6.07) is 0. The van der Waals surface area contributed by atoms with Crippen molar-refractivity contribution < 1.29 is 61.9 Å². The number of rotatable bonds is 27. The van der Waals surface area contributed by atoms with E-state index in [1.165, 1.54) is 18.7 Å². The van der Waals surface area contributed by atoms with E-state index in [0.29, 0.717) is 38.5 Å². The molecule has 0 spiro atoms. The van der Waals surface area contributed by atoms with E-state index in [1.807, 2.05) is 25.7 Å². The number of nitrogens with zero attached hydrogens (tertiary/aromatic N) is 4. The molecule has 2 rings (SSSR count). The van der Waals surface area contributed by atoms with Gasteiger partial charge in [-0.25, -0.2) is 4.79 Å². The molecule has 0 aliphatic carbocycles. The molecular formula is C43H72N4O13S. The van der Waals surface area contributed by atoms with Gasteiger partial charge in [0.15, 0.2) is 29.2 Å². The molecule has 1 aliphatic rings. The molecule has 1 aromatic heterocycles. The number of ketones is 4. The summed E-state index contributed by atoms with van der Waals surface area (Å²) < 4.78 is 50.3. The van der Waals surface area contributed by atoms with Gasteiger partial charge in [0.25, 0.3) is 5.88 Å². The van der Waals surface area contributed by atoms with Crippen LogP contribution in [0.1, 0.15) is 130 Å². The number of esters is 1. The third-order valence-corrected chi connectivity index (χ3v) is 12.1. The highest BCUT2D eigenvalue weighted by atomic mass is 32.1. The van der Waals surface area contributed by atoms with Crippen molar-refractivity contribution in [2.45, 2.75) is 176 Å². The van der Waals surface area contributed by atoms with E-state index < -0.39 is 82.9 Å². The van der Waals surface area contributed by atoms with Crippen LogP contribution in [0.4, 0.5) is 5.82 Å². The molecule has 4 unspecified atom stereocenters. The zero-order valence-corrected chi connectivity index (χ0v) is 40.0. The standard InChI is InChI=1S/C43H72N4O13S/c1-16-41(14,31(8)49)60-28(5)35(52)42(15,17-2)56-27-34(51)58-32(25-55-38-37(44-61-45-38)46-20-22-54-23-21-46)24-47(39(9,10)11)33(50)26-57-43(18-3,19-4)36(53)29(6)59-40(12,13)30(7)48/h28-29,32H,16-27H2,1-15H3/t28?,29?,32-,41?,42?/m0/s1. The summed E-state index contributed by atoms with van der Waals surface area (Å²) in [5, 5.41) is 0. The second-order valence-corrected chi connectivity index (χ2v) is 17.9. The molecule has 18 heteroatoms. The van der Waals surface area contributed by atoms with E-state index in [-0.39, 0.29) is 49.9 Å². The lowest BCUT2D eigenvalue weighted by Crippen LogP contribution is -2.54. The molecule has 1 saturated heterocycles. The lowest BCUT2D eigenvalue weighted by atomic mass is 9.88. The summed E-state index contributed by atoms with van der Waals surface area (Å²) in [7, 11) is 0. The SMILES string of the molecule is CCC(C)(OC(C)C(=O)C(C)(CC)OCC(=O)O[C@H](COc1nsnc1N1CCOCC1)CN(C(=O)COC(CC)(CC)C(=O)C(C)OC(C)(C)C(C)=O)C(C)(C)C)C(C)=O. The Morgan fingerprint density at radius 1 is 0.754 bits per heavy atom. The van der Waals surface area contributed by atoms with E-state index in [0.717, 1.165) is 11.7 Å². The summed E-state index contributed by atoms with van der Waals surface area (Å²) in [5.41, 5.74) is -6.07. The van der Waals surface area contributed by atoms with Crippen molar-refractivity contribution in [3.63, 3.8) is 0 Å². The smallest absolute Gasteiger partial charge is 0.332 e. The largest absolute Gasteiger partial charge is 0.470 e. The van der Waals surface area contributed by atoms with Gasteiger partial charge in [0, 0.05) is 18.6 Å². The first-order valence-corrected chi connectivity index (χ1v) is 22.0. The van der Waals surface area contributed by atoms with Crippen LogP contribution in [-0.4, -0.2) is 148 Å². The molecule has 1 aromatic rings. The number of anilines is 1. The second kappa shape index (κ2) is 22.8. The molecule has 0 N–H and O–H groups in total. The van der Waals surface area contributed by atoms with Gasteiger partial charge in [-0.15, -0.1) is 4.37 Å². The van der Waals surface area contributed by atoms with E-state index >= 15 is 0 Å². The normalized spacial score (nSPS) is 17.3. The van der Waals surface area contributed by atoms with Crippen molar-refractivity contribution in [2.75, 3.05) is 57.6 Å². The number of ether oxygens (including phenoxy) is 7. The van der Waals surface area contributed by atoms with Crippen LogP contribution in [0.3, 0.4) is 0 Å². The Morgan fingerprint density at radius 2 is 1.33 bits per heavy atom. The zero-order chi connectivity index (χ0) is 46.6. The van der Waals surface area contributed by atoms with Gasteiger partial charge >= 0.3 is 5.97 Å². The van der Waals surface area contributed by atoms with Gasteiger partial charge in [0.05, 0.1) is 31.5 Å². The number of hydrogen-bond acceptors (Lipinski definition) is 17. The molecule has 61 heavy (non-hydrogen) atoms. The molecule has 1 aliphatic heterocycles. The average molecular weight is 885 g/mol. The van der Waals surface area contributed by atoms with E-state index in [4.69, 9.17) is 33.2 Å². The highest BCUT2D eigenvalue weighted by Crippen LogP contribution is 2.30. The summed E-state index contributed by atoms with van der Waals surface area (Å²) >= 11 is 0.964. The van der Waals surface area contributed by atoms with Crippen molar-refractivity contribution in [1.29, 1.82) is 0 Å². The Hall–Kier alpha value is -3.42. The maximum atomic E-state index is 14.2. The van der Waals surface area contributed by atoms with Gasteiger partial charge < -0.3 is 43.0 Å². The van der Waals surface area contributed by atoms with Crippen molar-refractivity contribution >= 4 is 52.6 Å². The van der Waals surface area contributed by atoms with Crippen LogP contribution in [-0.2, 0) is 57.2 Å². The van der Waals surface area contributed by atoms with Crippen LogP contribution in [0.5, 0.6) is 5.88 Å². The van der Waals surface area contributed by atoms with Crippen molar-refractivity contribution in [3.8, 4) is 5.88 Å². The van der Waals surface area contributed by atoms with Gasteiger partial charge in [-0.2, -0.15) is 4.37 Å². The Labute approximate surface area is 366 Å². The minimum atomic E-state index is -1.47. The molecule has 0 radical (unpaired) electrons. The highest BCUT2D eigenvalue weighted by Gasteiger charge is 2.44. The first-order chi connectivity index (χ1) is 28.3. The molecule has 1 amide bonds. The maximum absolute atomic E-state index is 14.2. The van der Waals surface area contributed by atoms with Crippen LogP contribution in [0.2, 0.25) is 0 Å². The number of morpholine rings is 1. The van der Waals surface area contributed by atoms with Gasteiger partial charge in [0.2, 0.25) is 11.7 Å². The lowest BCUT2D eigenvalue weighted by molar-refractivity contribution is -0.178. The quantitative estimate of drug-likeness (QED) is 0.105. The number of carbonyl (C=O) groups excluding carboxylic acids is 6. The fraction of sp³-hybridized carbons (Fsp3) is 0.814.